The highest BCUT2D eigenvalue weighted by Gasteiger charge is 2.56. The predicted molar refractivity (Wildman–Crippen MR) is 104 cm³/mol. The van der Waals surface area contributed by atoms with Crippen LogP contribution in [0.3, 0.4) is 0 Å². The minimum absolute atomic E-state index is 0.299. The first-order chi connectivity index (χ1) is 13.0. The number of rotatable bonds is 4. The normalized spacial score (nSPS) is 18.0. The van der Waals surface area contributed by atoms with Gasteiger partial charge in [-0.25, -0.2) is 0 Å². The molecule has 2 aromatic rings. The van der Waals surface area contributed by atoms with E-state index < -0.39 is 5.79 Å². The molecule has 0 aliphatic carbocycles. The second-order valence-corrected chi connectivity index (χ2v) is 7.35. The minimum atomic E-state index is -1.51. The molecule has 0 unspecified atom stereocenters. The third kappa shape index (κ3) is 3.19. The number of anilines is 1. The first-order valence-corrected chi connectivity index (χ1v) is 9.56. The average Bonchev–Trinajstić information content (AvgIpc) is 2.91. The molecule has 0 aromatic heterocycles. The monoisotopic (exact) mass is 407 g/mol. The Kier molecular flexibility index (Phi) is 5.03. The Labute approximate surface area is 167 Å². The zero-order valence-corrected chi connectivity index (χ0v) is 16.3. The van der Waals surface area contributed by atoms with Gasteiger partial charge in [-0.2, -0.15) is 0 Å². The molecule has 0 N–H and O–H groups in total. The lowest BCUT2D eigenvalue weighted by Gasteiger charge is -2.32. The van der Waals surface area contributed by atoms with E-state index in [0.717, 1.165) is 17.7 Å². The summed E-state index contributed by atoms with van der Waals surface area (Å²) in [6.45, 7) is 3.45. The molecule has 142 valence electrons. The summed E-state index contributed by atoms with van der Waals surface area (Å²) < 4.78 is 17.4. The van der Waals surface area contributed by atoms with E-state index in [0.29, 0.717) is 47.7 Å². The second kappa shape index (κ2) is 7.32. The van der Waals surface area contributed by atoms with Crippen molar-refractivity contribution in [1.29, 1.82) is 0 Å². The Morgan fingerprint density at radius 1 is 1.07 bits per heavy atom. The number of aryl methyl sites for hydroxylation is 1. The number of carbonyl (C=O) groups is 1. The maximum Gasteiger partial charge on any atom is 0.292 e. The van der Waals surface area contributed by atoms with Crippen molar-refractivity contribution in [2.75, 3.05) is 31.3 Å². The number of ether oxygens (including phenoxy) is 3. The summed E-state index contributed by atoms with van der Waals surface area (Å²) in [5.74, 6) is -1.09. The zero-order valence-electron chi connectivity index (χ0n) is 14.8. The van der Waals surface area contributed by atoms with Gasteiger partial charge in [-0.15, -0.1) is 0 Å². The summed E-state index contributed by atoms with van der Waals surface area (Å²) in [6.07, 6.45) is 0.721. The molecule has 2 aliphatic heterocycles. The van der Waals surface area contributed by atoms with Crippen molar-refractivity contribution in [3.63, 3.8) is 0 Å². The highest BCUT2D eigenvalue weighted by Crippen LogP contribution is 2.51. The van der Waals surface area contributed by atoms with E-state index in [4.69, 9.17) is 37.4 Å². The summed E-state index contributed by atoms with van der Waals surface area (Å²) >= 11 is 12.8. The molecule has 1 amide bonds. The quantitative estimate of drug-likeness (QED) is 0.756. The van der Waals surface area contributed by atoms with Gasteiger partial charge >= 0.3 is 0 Å². The molecule has 0 radical (unpaired) electrons. The first kappa shape index (κ1) is 18.6. The third-order valence-electron chi connectivity index (χ3n) is 4.71. The van der Waals surface area contributed by atoms with Crippen molar-refractivity contribution in [1.82, 2.24) is 0 Å². The van der Waals surface area contributed by atoms with Crippen molar-refractivity contribution in [2.45, 2.75) is 19.1 Å². The van der Waals surface area contributed by atoms with Crippen molar-refractivity contribution in [3.05, 3.63) is 57.6 Å². The van der Waals surface area contributed by atoms with E-state index >= 15 is 0 Å². The SMILES string of the molecule is Cc1ccc(OCCN2C(=O)C3(OCCCO3)c3c(Cl)ccc(Cl)c32)cc1. The summed E-state index contributed by atoms with van der Waals surface area (Å²) in [4.78, 5) is 14.8. The van der Waals surface area contributed by atoms with Gasteiger partial charge in [0.2, 0.25) is 0 Å². The lowest BCUT2D eigenvalue weighted by molar-refractivity contribution is -0.256. The maximum atomic E-state index is 13.2. The Hall–Kier alpha value is -1.79. The van der Waals surface area contributed by atoms with Gasteiger partial charge in [0.05, 0.1) is 41.1 Å². The highest BCUT2D eigenvalue weighted by molar-refractivity contribution is 6.38. The number of fused-ring (bicyclic) bond motifs is 2. The summed E-state index contributed by atoms with van der Waals surface area (Å²) in [7, 11) is 0. The fourth-order valence-electron chi connectivity index (χ4n) is 3.41. The lowest BCUT2D eigenvalue weighted by atomic mass is 10.1. The van der Waals surface area contributed by atoms with Crippen LogP contribution in [0.15, 0.2) is 36.4 Å². The molecule has 2 heterocycles. The van der Waals surface area contributed by atoms with Crippen LogP contribution in [0.4, 0.5) is 5.69 Å². The predicted octanol–water partition coefficient (Wildman–Crippen LogP) is 4.32. The van der Waals surface area contributed by atoms with E-state index in [2.05, 4.69) is 0 Å². The average molecular weight is 408 g/mol. The van der Waals surface area contributed by atoms with E-state index in [1.165, 1.54) is 0 Å². The van der Waals surface area contributed by atoms with Crippen LogP contribution in [-0.2, 0) is 20.1 Å². The van der Waals surface area contributed by atoms with Gasteiger partial charge < -0.3 is 19.1 Å². The van der Waals surface area contributed by atoms with E-state index in [1.54, 1.807) is 17.0 Å². The van der Waals surface area contributed by atoms with Crippen LogP contribution in [0.5, 0.6) is 5.75 Å². The molecule has 5 nitrogen and oxygen atoms in total. The van der Waals surface area contributed by atoms with Gasteiger partial charge in [0.15, 0.2) is 0 Å². The number of hydrogen-bond donors (Lipinski definition) is 0. The molecule has 0 atom stereocenters. The fraction of sp³-hybridized carbons (Fsp3) is 0.350. The Morgan fingerprint density at radius 2 is 1.74 bits per heavy atom. The summed E-state index contributed by atoms with van der Waals surface area (Å²) in [5.41, 5.74) is 2.17. The van der Waals surface area contributed by atoms with Crippen LogP contribution in [0.1, 0.15) is 17.5 Å². The van der Waals surface area contributed by atoms with Crippen LogP contribution < -0.4 is 9.64 Å². The number of hydrogen-bond acceptors (Lipinski definition) is 4. The van der Waals surface area contributed by atoms with Crippen LogP contribution >= 0.6 is 23.2 Å². The molecule has 7 heteroatoms. The molecule has 2 aromatic carbocycles. The zero-order chi connectivity index (χ0) is 19.0. The molecule has 1 fully saturated rings. The molecule has 4 rings (SSSR count). The fourth-order valence-corrected chi connectivity index (χ4v) is 3.94. The Bertz CT molecular complexity index is 863. The van der Waals surface area contributed by atoms with Crippen molar-refractivity contribution < 1.29 is 19.0 Å². The maximum absolute atomic E-state index is 13.2. The molecule has 27 heavy (non-hydrogen) atoms. The van der Waals surface area contributed by atoms with E-state index in [9.17, 15) is 4.79 Å². The van der Waals surface area contributed by atoms with Gasteiger partial charge in [-0.3, -0.25) is 4.79 Å². The van der Waals surface area contributed by atoms with E-state index in [1.807, 2.05) is 31.2 Å². The molecule has 1 spiro atoms. The largest absolute Gasteiger partial charge is 0.492 e. The Morgan fingerprint density at radius 3 is 2.44 bits per heavy atom. The molecular weight excluding hydrogens is 389 g/mol. The smallest absolute Gasteiger partial charge is 0.292 e. The van der Waals surface area contributed by atoms with Crippen LogP contribution in [-0.4, -0.2) is 32.3 Å². The van der Waals surface area contributed by atoms with Gasteiger partial charge in [0, 0.05) is 0 Å². The summed E-state index contributed by atoms with van der Waals surface area (Å²) in [5, 5.41) is 0.819. The van der Waals surface area contributed by atoms with Crippen molar-refractivity contribution >= 4 is 34.8 Å². The third-order valence-corrected chi connectivity index (χ3v) is 5.33. The number of carbonyl (C=O) groups excluding carboxylic acids is 1. The molecular formula is C20H19Cl2NO4. The number of benzene rings is 2. The Balaban J connectivity index is 1.61. The molecule has 0 saturated carbocycles. The summed E-state index contributed by atoms with van der Waals surface area (Å²) in [6, 6.07) is 11.1. The lowest BCUT2D eigenvalue weighted by Crippen LogP contribution is -2.48. The minimum Gasteiger partial charge on any atom is -0.492 e. The topological polar surface area (TPSA) is 48.0 Å². The standard InChI is InChI=1S/C20H19Cl2NO4/c1-13-3-5-14(6-4-13)25-12-9-23-18-16(22)8-7-15(21)17(18)20(19(23)24)26-10-2-11-27-20/h3-8H,2,9-12H2,1H3. The second-order valence-electron chi connectivity index (χ2n) is 6.54. The van der Waals surface area contributed by atoms with E-state index in [-0.39, 0.29) is 5.91 Å². The van der Waals surface area contributed by atoms with Gasteiger partial charge in [0.25, 0.3) is 11.7 Å². The number of halogens is 2. The van der Waals surface area contributed by atoms with Gasteiger partial charge in [-0.1, -0.05) is 40.9 Å². The first-order valence-electron chi connectivity index (χ1n) is 8.81. The molecule has 0 bridgehead atoms. The number of amides is 1. The van der Waals surface area contributed by atoms with Crippen LogP contribution in [0.25, 0.3) is 0 Å². The molecule has 2 aliphatic rings. The number of nitrogens with zero attached hydrogens (tertiary/aromatic N) is 1. The van der Waals surface area contributed by atoms with Crippen LogP contribution in [0.2, 0.25) is 10.0 Å². The van der Waals surface area contributed by atoms with Crippen LogP contribution in [0, 0.1) is 6.92 Å². The van der Waals surface area contributed by atoms with Gasteiger partial charge in [-0.05, 0) is 37.6 Å². The van der Waals surface area contributed by atoms with Gasteiger partial charge in [0.1, 0.15) is 12.4 Å². The van der Waals surface area contributed by atoms with Crippen molar-refractivity contribution in [3.8, 4) is 5.75 Å². The highest BCUT2D eigenvalue weighted by atomic mass is 35.5. The van der Waals surface area contributed by atoms with Crippen molar-refractivity contribution in [2.24, 2.45) is 0 Å². The molecule has 1 saturated heterocycles.